The standard InChI is InChI=1S/C17H22N4O3S/c1-3-9-18-14(22)10-19-15(23)11-25-17-20-13-8-6-5-7-12(13)16(24)21(17)4-2/h5-8H,3-4,9-11H2,1-2H3,(H,18,22)(H,19,23). The average Bonchev–Trinajstić information content (AvgIpc) is 2.63. The molecule has 134 valence electrons. The Hall–Kier alpha value is -2.35. The summed E-state index contributed by atoms with van der Waals surface area (Å²) < 4.78 is 1.55. The van der Waals surface area contributed by atoms with Crippen LogP contribution < -0.4 is 16.2 Å². The zero-order chi connectivity index (χ0) is 18.2. The van der Waals surface area contributed by atoms with Gasteiger partial charge in [0.25, 0.3) is 5.56 Å². The fraction of sp³-hybridized carbons (Fsp3) is 0.412. The molecule has 1 aromatic carbocycles. The number of rotatable bonds is 8. The van der Waals surface area contributed by atoms with Gasteiger partial charge in [0, 0.05) is 13.1 Å². The molecule has 0 spiro atoms. The van der Waals surface area contributed by atoms with Crippen molar-refractivity contribution in [2.75, 3.05) is 18.8 Å². The van der Waals surface area contributed by atoms with Crippen LogP contribution in [0.5, 0.6) is 0 Å². The van der Waals surface area contributed by atoms with E-state index in [0.717, 1.165) is 6.42 Å². The van der Waals surface area contributed by atoms with Crippen LogP contribution in [0.25, 0.3) is 10.9 Å². The van der Waals surface area contributed by atoms with Crippen LogP contribution in [0, 0.1) is 0 Å². The number of fused-ring (bicyclic) bond motifs is 1. The molecule has 1 aromatic heterocycles. The van der Waals surface area contributed by atoms with E-state index in [-0.39, 0.29) is 29.7 Å². The third kappa shape index (κ3) is 5.06. The highest BCUT2D eigenvalue weighted by Gasteiger charge is 2.12. The van der Waals surface area contributed by atoms with E-state index in [4.69, 9.17) is 0 Å². The van der Waals surface area contributed by atoms with Crippen LogP contribution in [0.2, 0.25) is 0 Å². The van der Waals surface area contributed by atoms with Crippen molar-refractivity contribution in [1.82, 2.24) is 20.2 Å². The van der Waals surface area contributed by atoms with Crippen LogP contribution in [0.1, 0.15) is 20.3 Å². The molecule has 0 saturated heterocycles. The Bertz CT molecular complexity index is 819. The Morgan fingerprint density at radius 2 is 1.92 bits per heavy atom. The topological polar surface area (TPSA) is 93.1 Å². The summed E-state index contributed by atoms with van der Waals surface area (Å²) in [6.07, 6.45) is 0.845. The van der Waals surface area contributed by atoms with Crippen LogP contribution >= 0.6 is 11.8 Å². The van der Waals surface area contributed by atoms with E-state index in [2.05, 4.69) is 15.6 Å². The second kappa shape index (κ2) is 9.22. The van der Waals surface area contributed by atoms with Gasteiger partial charge in [0.15, 0.2) is 5.16 Å². The number of hydrogen-bond donors (Lipinski definition) is 2. The molecular formula is C17H22N4O3S. The van der Waals surface area contributed by atoms with Crippen molar-refractivity contribution < 1.29 is 9.59 Å². The van der Waals surface area contributed by atoms with Gasteiger partial charge in [-0.3, -0.25) is 19.0 Å². The number of carbonyl (C=O) groups excluding carboxylic acids is 2. The van der Waals surface area contributed by atoms with Gasteiger partial charge in [-0.05, 0) is 25.5 Å². The lowest BCUT2D eigenvalue weighted by atomic mass is 10.2. The summed E-state index contributed by atoms with van der Waals surface area (Å²) in [4.78, 5) is 40.4. The molecule has 2 amide bonds. The zero-order valence-electron chi connectivity index (χ0n) is 14.4. The lowest BCUT2D eigenvalue weighted by molar-refractivity contribution is -0.124. The van der Waals surface area contributed by atoms with Crippen molar-refractivity contribution >= 4 is 34.5 Å². The molecule has 8 heteroatoms. The quantitative estimate of drug-likeness (QED) is 0.543. The molecule has 0 aliphatic heterocycles. The smallest absolute Gasteiger partial charge is 0.262 e. The molecule has 0 atom stereocenters. The van der Waals surface area contributed by atoms with Crippen molar-refractivity contribution in [3.63, 3.8) is 0 Å². The molecule has 2 N–H and O–H groups in total. The highest BCUT2D eigenvalue weighted by Crippen LogP contribution is 2.17. The average molecular weight is 362 g/mol. The molecule has 1 heterocycles. The van der Waals surface area contributed by atoms with E-state index in [9.17, 15) is 14.4 Å². The number of para-hydroxylation sites is 1. The van der Waals surface area contributed by atoms with Gasteiger partial charge in [0.2, 0.25) is 11.8 Å². The summed E-state index contributed by atoms with van der Waals surface area (Å²) in [6.45, 7) is 4.83. The number of amides is 2. The fourth-order valence-electron chi connectivity index (χ4n) is 2.22. The first kappa shape index (κ1) is 19.0. The summed E-state index contributed by atoms with van der Waals surface area (Å²) in [5, 5.41) is 6.31. The Kier molecular flexibility index (Phi) is 7.00. The minimum atomic E-state index is -0.276. The molecule has 2 rings (SSSR count). The van der Waals surface area contributed by atoms with Crippen molar-refractivity contribution in [1.29, 1.82) is 0 Å². The van der Waals surface area contributed by atoms with E-state index >= 15 is 0 Å². The van der Waals surface area contributed by atoms with Crippen molar-refractivity contribution in [2.24, 2.45) is 0 Å². The van der Waals surface area contributed by atoms with Crippen LogP contribution in [-0.2, 0) is 16.1 Å². The van der Waals surface area contributed by atoms with E-state index in [0.29, 0.717) is 29.1 Å². The van der Waals surface area contributed by atoms with Crippen LogP contribution in [0.3, 0.4) is 0 Å². The van der Waals surface area contributed by atoms with Gasteiger partial charge in [-0.25, -0.2) is 4.98 Å². The second-order valence-corrected chi connectivity index (χ2v) is 6.32. The normalized spacial score (nSPS) is 10.6. The number of nitrogens with zero attached hydrogens (tertiary/aromatic N) is 2. The predicted octanol–water partition coefficient (Wildman–Crippen LogP) is 1.15. The second-order valence-electron chi connectivity index (χ2n) is 5.38. The van der Waals surface area contributed by atoms with E-state index < -0.39 is 0 Å². The van der Waals surface area contributed by atoms with Crippen LogP contribution in [0.4, 0.5) is 0 Å². The number of aromatic nitrogens is 2. The molecule has 0 aliphatic carbocycles. The van der Waals surface area contributed by atoms with Crippen LogP contribution in [0.15, 0.2) is 34.2 Å². The third-order valence-electron chi connectivity index (χ3n) is 3.49. The molecule has 0 unspecified atom stereocenters. The highest BCUT2D eigenvalue weighted by molar-refractivity contribution is 7.99. The number of thioether (sulfide) groups is 1. The monoisotopic (exact) mass is 362 g/mol. The van der Waals surface area contributed by atoms with Crippen molar-refractivity contribution in [2.45, 2.75) is 32.0 Å². The largest absolute Gasteiger partial charge is 0.355 e. The molecule has 2 aromatic rings. The highest BCUT2D eigenvalue weighted by atomic mass is 32.2. The van der Waals surface area contributed by atoms with Gasteiger partial charge in [-0.2, -0.15) is 0 Å². The van der Waals surface area contributed by atoms with Gasteiger partial charge in [0.1, 0.15) is 0 Å². The van der Waals surface area contributed by atoms with E-state index in [1.54, 1.807) is 22.8 Å². The summed E-state index contributed by atoms with van der Waals surface area (Å²) >= 11 is 1.19. The van der Waals surface area contributed by atoms with E-state index in [1.807, 2.05) is 19.9 Å². The molecule has 0 saturated carbocycles. The minimum absolute atomic E-state index is 0.0505. The van der Waals surface area contributed by atoms with E-state index in [1.165, 1.54) is 11.8 Å². The van der Waals surface area contributed by atoms with Crippen LogP contribution in [-0.4, -0.2) is 40.2 Å². The maximum Gasteiger partial charge on any atom is 0.262 e. The molecule has 0 radical (unpaired) electrons. The first-order valence-electron chi connectivity index (χ1n) is 8.22. The van der Waals surface area contributed by atoms with Gasteiger partial charge in [0.05, 0.1) is 23.2 Å². The fourth-order valence-corrected chi connectivity index (χ4v) is 3.12. The first-order chi connectivity index (χ1) is 12.1. The van der Waals surface area contributed by atoms with Gasteiger partial charge < -0.3 is 10.6 Å². The summed E-state index contributed by atoms with van der Waals surface area (Å²) in [7, 11) is 0. The van der Waals surface area contributed by atoms with Gasteiger partial charge in [-0.1, -0.05) is 30.8 Å². The summed E-state index contributed by atoms with van der Waals surface area (Å²) in [6, 6.07) is 7.14. The number of hydrogen-bond acceptors (Lipinski definition) is 5. The predicted molar refractivity (Wildman–Crippen MR) is 98.7 cm³/mol. The Morgan fingerprint density at radius 3 is 2.64 bits per heavy atom. The lowest BCUT2D eigenvalue weighted by Gasteiger charge is -2.11. The maximum atomic E-state index is 12.5. The lowest BCUT2D eigenvalue weighted by Crippen LogP contribution is -2.38. The SMILES string of the molecule is CCCNC(=O)CNC(=O)CSc1nc2ccccc2c(=O)n1CC. The van der Waals surface area contributed by atoms with Gasteiger partial charge >= 0.3 is 0 Å². The summed E-state index contributed by atoms with van der Waals surface area (Å²) in [5.74, 6) is -0.400. The molecule has 7 nitrogen and oxygen atoms in total. The molecule has 0 aliphatic rings. The Morgan fingerprint density at radius 1 is 1.16 bits per heavy atom. The number of nitrogens with one attached hydrogen (secondary N) is 2. The van der Waals surface area contributed by atoms with Crippen molar-refractivity contribution in [3.8, 4) is 0 Å². The molecule has 0 bridgehead atoms. The van der Waals surface area contributed by atoms with Crippen molar-refractivity contribution in [3.05, 3.63) is 34.6 Å². The molecular weight excluding hydrogens is 340 g/mol. The molecule has 0 fully saturated rings. The number of carbonyl (C=O) groups is 2. The summed E-state index contributed by atoms with van der Waals surface area (Å²) in [5.41, 5.74) is 0.494. The third-order valence-corrected chi connectivity index (χ3v) is 4.47. The minimum Gasteiger partial charge on any atom is -0.355 e. The number of benzene rings is 1. The van der Waals surface area contributed by atoms with Gasteiger partial charge in [-0.15, -0.1) is 0 Å². The Labute approximate surface area is 150 Å². The first-order valence-corrected chi connectivity index (χ1v) is 9.21. The molecule has 25 heavy (non-hydrogen) atoms. The zero-order valence-corrected chi connectivity index (χ0v) is 15.2. The maximum absolute atomic E-state index is 12.5. The Balaban J connectivity index is 2.01.